The molecule has 1 atom stereocenters. The average molecular weight is 294 g/mol. The van der Waals surface area contributed by atoms with Crippen molar-refractivity contribution in [3.05, 3.63) is 0 Å². The van der Waals surface area contributed by atoms with Crippen LogP contribution in [-0.2, 0) is 9.59 Å². The Balaban J connectivity index is 0. The highest BCUT2D eigenvalue weighted by Crippen LogP contribution is 1.97. The quantitative estimate of drug-likeness (QED) is 0.203. The lowest BCUT2D eigenvalue weighted by Gasteiger charge is -2.17. The Labute approximate surface area is 120 Å². The SMILES string of the molecule is CC(=O)[C@H](CCC[NH2+]C(=N)N)NC(=O)CN(C)C.[Cl-]. The lowest BCUT2D eigenvalue weighted by Crippen LogP contribution is -3.00. The Morgan fingerprint density at radius 3 is 2.42 bits per heavy atom. The predicted octanol–water partition coefficient (Wildman–Crippen LogP) is -5.14. The maximum atomic E-state index is 11.5. The van der Waals surface area contributed by atoms with Gasteiger partial charge in [-0.25, -0.2) is 5.41 Å². The van der Waals surface area contributed by atoms with Crippen LogP contribution >= 0.6 is 0 Å². The van der Waals surface area contributed by atoms with Crippen LogP contribution in [0, 0.1) is 5.41 Å². The van der Waals surface area contributed by atoms with E-state index in [0.29, 0.717) is 19.4 Å². The minimum atomic E-state index is -0.446. The molecule has 1 amide bonds. The molecule has 0 aliphatic rings. The van der Waals surface area contributed by atoms with Gasteiger partial charge in [-0.3, -0.25) is 14.9 Å². The van der Waals surface area contributed by atoms with Crippen LogP contribution in [0.1, 0.15) is 19.8 Å². The van der Waals surface area contributed by atoms with Crippen LogP contribution in [0.2, 0.25) is 0 Å². The number of Topliss-reactive ketones (excluding diaryl/α,β-unsaturated/α-hetero) is 1. The summed E-state index contributed by atoms with van der Waals surface area (Å²) in [5, 5.41) is 11.3. The number of nitrogens with one attached hydrogen (secondary N) is 2. The third kappa shape index (κ3) is 11.6. The van der Waals surface area contributed by atoms with Gasteiger partial charge in [0, 0.05) is 0 Å². The lowest BCUT2D eigenvalue weighted by molar-refractivity contribution is -0.543. The monoisotopic (exact) mass is 293 g/mol. The molecule has 0 aliphatic heterocycles. The van der Waals surface area contributed by atoms with Crippen molar-refractivity contribution in [2.24, 2.45) is 5.73 Å². The summed E-state index contributed by atoms with van der Waals surface area (Å²) in [6.07, 6.45) is 1.28. The molecule has 0 bridgehead atoms. The van der Waals surface area contributed by atoms with Gasteiger partial charge in [0.15, 0.2) is 5.78 Å². The molecule has 8 heteroatoms. The normalized spacial score (nSPS) is 11.6. The largest absolute Gasteiger partial charge is 1.00 e. The number of quaternary nitrogens is 1. The van der Waals surface area contributed by atoms with Gasteiger partial charge in [0.2, 0.25) is 5.91 Å². The number of likely N-dealkylation sites (N-methyl/N-ethyl adjacent to an activating group) is 1. The molecule has 19 heavy (non-hydrogen) atoms. The Kier molecular flexibility index (Phi) is 11.4. The summed E-state index contributed by atoms with van der Waals surface area (Å²) in [6, 6.07) is -0.446. The van der Waals surface area contributed by atoms with Gasteiger partial charge >= 0.3 is 0 Å². The van der Waals surface area contributed by atoms with E-state index in [1.165, 1.54) is 6.92 Å². The van der Waals surface area contributed by atoms with Gasteiger partial charge in [-0.1, -0.05) is 0 Å². The summed E-state index contributed by atoms with van der Waals surface area (Å²) in [6.45, 7) is 2.38. The molecule has 0 aliphatic carbocycles. The summed E-state index contributed by atoms with van der Waals surface area (Å²) in [5.74, 6) is -0.174. The number of nitrogens with zero attached hydrogens (tertiary/aromatic N) is 1. The molecule has 0 unspecified atom stereocenters. The number of hydrogen-bond acceptors (Lipinski definition) is 4. The molecule has 0 spiro atoms. The van der Waals surface area contributed by atoms with E-state index in [1.807, 2.05) is 0 Å². The maximum absolute atomic E-state index is 11.5. The van der Waals surface area contributed by atoms with Crippen LogP contribution in [0.4, 0.5) is 0 Å². The van der Waals surface area contributed by atoms with Crippen molar-refractivity contribution in [3.63, 3.8) is 0 Å². The fourth-order valence-corrected chi connectivity index (χ4v) is 1.48. The summed E-state index contributed by atoms with van der Waals surface area (Å²) in [4.78, 5) is 24.7. The van der Waals surface area contributed by atoms with E-state index in [-0.39, 0.29) is 36.6 Å². The highest BCUT2D eigenvalue weighted by molar-refractivity contribution is 5.88. The van der Waals surface area contributed by atoms with E-state index in [2.05, 4.69) is 5.32 Å². The van der Waals surface area contributed by atoms with E-state index >= 15 is 0 Å². The topological polar surface area (TPSA) is 116 Å². The smallest absolute Gasteiger partial charge is 0.288 e. The first kappa shape index (κ1) is 20.1. The van der Waals surface area contributed by atoms with Crippen LogP contribution in [0.5, 0.6) is 0 Å². The number of ketones is 1. The molecule has 0 aromatic carbocycles. The van der Waals surface area contributed by atoms with Gasteiger partial charge in [0.25, 0.3) is 5.96 Å². The van der Waals surface area contributed by atoms with Crippen LogP contribution in [0.15, 0.2) is 0 Å². The summed E-state index contributed by atoms with van der Waals surface area (Å²) >= 11 is 0. The Morgan fingerprint density at radius 2 is 2.00 bits per heavy atom. The van der Waals surface area contributed by atoms with Crippen LogP contribution in [0.3, 0.4) is 0 Å². The molecule has 112 valence electrons. The molecule has 6 N–H and O–H groups in total. The first-order valence-corrected chi connectivity index (χ1v) is 5.94. The van der Waals surface area contributed by atoms with Crippen molar-refractivity contribution in [1.82, 2.24) is 10.2 Å². The number of hydrogen-bond donors (Lipinski definition) is 4. The number of guanidine groups is 1. The zero-order valence-electron chi connectivity index (χ0n) is 11.7. The standard InChI is InChI=1S/C11H23N5O2.ClH/c1-8(17)9(5-4-6-14-11(12)13)15-10(18)7-16(2)3;/h9H,4-7H2,1-3H3,(H,15,18)(H4,12,13,14);1H/t9-;/m0./s1. The highest BCUT2D eigenvalue weighted by atomic mass is 35.5. The van der Waals surface area contributed by atoms with E-state index < -0.39 is 6.04 Å². The summed E-state index contributed by atoms with van der Waals surface area (Å²) in [7, 11) is 3.59. The van der Waals surface area contributed by atoms with Gasteiger partial charge in [0.1, 0.15) is 0 Å². The zero-order valence-corrected chi connectivity index (χ0v) is 12.5. The molecule has 0 saturated carbocycles. The average Bonchev–Trinajstić information content (AvgIpc) is 2.20. The second-order valence-corrected chi connectivity index (χ2v) is 4.56. The fraction of sp³-hybridized carbons (Fsp3) is 0.727. The molecule has 7 nitrogen and oxygen atoms in total. The summed E-state index contributed by atoms with van der Waals surface area (Å²) < 4.78 is 0. The first-order valence-electron chi connectivity index (χ1n) is 5.94. The van der Waals surface area contributed by atoms with Crippen molar-refractivity contribution in [3.8, 4) is 0 Å². The van der Waals surface area contributed by atoms with Gasteiger partial charge in [-0.2, -0.15) is 0 Å². The Hall–Kier alpha value is -1.18. The number of amides is 1. The second kappa shape index (κ2) is 10.7. The van der Waals surface area contributed by atoms with E-state index in [0.717, 1.165) is 0 Å². The molecular formula is C11H24ClN5O2. The zero-order chi connectivity index (χ0) is 14.1. The second-order valence-electron chi connectivity index (χ2n) is 4.56. The summed E-state index contributed by atoms with van der Waals surface area (Å²) in [5.41, 5.74) is 5.19. The third-order valence-electron chi connectivity index (χ3n) is 2.35. The molecule has 0 aromatic heterocycles. The minimum absolute atomic E-state index is 0. The van der Waals surface area contributed by atoms with Crippen LogP contribution < -0.4 is 28.8 Å². The molecular weight excluding hydrogens is 270 g/mol. The molecule has 0 rings (SSSR count). The van der Waals surface area contributed by atoms with E-state index in [4.69, 9.17) is 11.1 Å². The van der Waals surface area contributed by atoms with Gasteiger partial charge in [-0.15, -0.1) is 0 Å². The van der Waals surface area contributed by atoms with Crippen LogP contribution in [0.25, 0.3) is 0 Å². The fourth-order valence-electron chi connectivity index (χ4n) is 1.48. The van der Waals surface area contributed by atoms with Crippen molar-refractivity contribution in [1.29, 1.82) is 5.41 Å². The van der Waals surface area contributed by atoms with Gasteiger partial charge < -0.3 is 28.4 Å². The number of carbonyl (C=O) groups excluding carboxylic acids is 2. The molecule has 0 fully saturated rings. The minimum Gasteiger partial charge on any atom is -1.00 e. The van der Waals surface area contributed by atoms with Crippen molar-refractivity contribution >= 4 is 17.6 Å². The van der Waals surface area contributed by atoms with E-state index in [9.17, 15) is 9.59 Å². The Bertz CT molecular complexity index is 309. The van der Waals surface area contributed by atoms with Crippen LogP contribution in [-0.4, -0.2) is 55.8 Å². The number of rotatable bonds is 8. The third-order valence-corrected chi connectivity index (χ3v) is 2.35. The molecule has 0 heterocycles. The molecule has 0 aromatic rings. The Morgan fingerprint density at radius 1 is 1.42 bits per heavy atom. The number of halogens is 1. The van der Waals surface area contributed by atoms with E-state index in [1.54, 1.807) is 24.3 Å². The van der Waals surface area contributed by atoms with Crippen molar-refractivity contribution in [2.75, 3.05) is 27.2 Å². The first-order chi connectivity index (χ1) is 8.32. The lowest BCUT2D eigenvalue weighted by atomic mass is 10.1. The molecule has 0 saturated heterocycles. The van der Waals surface area contributed by atoms with Gasteiger partial charge in [0.05, 0.1) is 19.1 Å². The predicted molar refractivity (Wildman–Crippen MR) is 69.1 cm³/mol. The highest BCUT2D eigenvalue weighted by Gasteiger charge is 2.17. The molecule has 0 radical (unpaired) electrons. The maximum Gasteiger partial charge on any atom is 0.288 e. The van der Waals surface area contributed by atoms with Gasteiger partial charge in [-0.05, 0) is 33.9 Å². The van der Waals surface area contributed by atoms with Crippen molar-refractivity contribution < 1.29 is 27.3 Å². The number of carbonyl (C=O) groups is 2. The van der Waals surface area contributed by atoms with Crippen molar-refractivity contribution in [2.45, 2.75) is 25.8 Å². The number of nitrogens with two attached hydrogens (primary N) is 2.